The minimum Gasteiger partial charge on any atom is -0.396 e. The Morgan fingerprint density at radius 1 is 1.45 bits per heavy atom. The summed E-state index contributed by atoms with van der Waals surface area (Å²) in [6.45, 7) is 5.43. The van der Waals surface area contributed by atoms with Gasteiger partial charge >= 0.3 is 6.03 Å². The molecule has 2 rings (SSSR count). The van der Waals surface area contributed by atoms with E-state index in [-0.39, 0.29) is 12.6 Å². The fourth-order valence-electron chi connectivity index (χ4n) is 2.23. The number of thiazole rings is 1. The summed E-state index contributed by atoms with van der Waals surface area (Å²) in [6, 6.07) is 0.391. The SMILES string of the molecule is Cc1nc(CNC(=O)N(CCCCO)C2CC2)c(C)s1. The third kappa shape index (κ3) is 4.18. The van der Waals surface area contributed by atoms with Gasteiger partial charge in [0.1, 0.15) is 0 Å². The Bertz CT molecular complexity index is 457. The van der Waals surface area contributed by atoms with Crippen LogP contribution in [0.15, 0.2) is 0 Å². The molecule has 0 aliphatic heterocycles. The van der Waals surface area contributed by atoms with Crippen LogP contribution in [0.25, 0.3) is 0 Å². The second kappa shape index (κ2) is 7.04. The Morgan fingerprint density at radius 3 is 2.75 bits per heavy atom. The molecule has 1 aromatic rings. The molecule has 1 aromatic heterocycles. The van der Waals surface area contributed by atoms with Crippen molar-refractivity contribution in [3.63, 3.8) is 0 Å². The number of aliphatic hydroxyl groups is 1. The number of carbonyl (C=O) groups excluding carboxylic acids is 1. The maximum absolute atomic E-state index is 12.2. The lowest BCUT2D eigenvalue weighted by Gasteiger charge is -2.22. The second-order valence-corrected chi connectivity index (χ2v) is 6.66. The van der Waals surface area contributed by atoms with Crippen LogP contribution in [0.5, 0.6) is 0 Å². The minimum absolute atomic E-state index is 0.00417. The van der Waals surface area contributed by atoms with E-state index in [4.69, 9.17) is 5.11 Å². The number of hydrogen-bond acceptors (Lipinski definition) is 4. The van der Waals surface area contributed by atoms with Crippen molar-refractivity contribution in [2.45, 2.75) is 52.1 Å². The fourth-order valence-corrected chi connectivity index (χ4v) is 3.06. The number of amides is 2. The highest BCUT2D eigenvalue weighted by Crippen LogP contribution is 2.27. The van der Waals surface area contributed by atoms with Crippen LogP contribution in [0.1, 0.15) is 41.3 Å². The number of unbranched alkanes of at least 4 members (excludes halogenated alkanes) is 1. The average Bonchev–Trinajstić information content (AvgIpc) is 3.18. The molecular weight excluding hydrogens is 274 g/mol. The molecule has 112 valence electrons. The number of aliphatic hydroxyl groups excluding tert-OH is 1. The first-order valence-electron chi connectivity index (χ1n) is 7.20. The zero-order valence-corrected chi connectivity index (χ0v) is 13.0. The Labute approximate surface area is 124 Å². The van der Waals surface area contributed by atoms with Crippen molar-refractivity contribution in [3.8, 4) is 0 Å². The Morgan fingerprint density at radius 2 is 2.20 bits per heavy atom. The van der Waals surface area contributed by atoms with Gasteiger partial charge < -0.3 is 15.3 Å². The molecule has 2 amide bonds. The first kappa shape index (κ1) is 15.3. The molecule has 0 bridgehead atoms. The lowest BCUT2D eigenvalue weighted by molar-refractivity contribution is 0.190. The number of carbonyl (C=O) groups is 1. The molecule has 0 radical (unpaired) electrons. The summed E-state index contributed by atoms with van der Waals surface area (Å²) in [4.78, 5) is 19.7. The molecule has 6 heteroatoms. The Kier molecular flexibility index (Phi) is 5.37. The van der Waals surface area contributed by atoms with Gasteiger partial charge in [-0.05, 0) is 39.5 Å². The van der Waals surface area contributed by atoms with E-state index in [1.54, 1.807) is 11.3 Å². The Hall–Kier alpha value is -1.14. The first-order chi connectivity index (χ1) is 9.61. The number of hydrogen-bond donors (Lipinski definition) is 2. The van der Waals surface area contributed by atoms with E-state index in [0.717, 1.165) is 42.9 Å². The number of rotatable bonds is 7. The fraction of sp³-hybridized carbons (Fsp3) is 0.714. The van der Waals surface area contributed by atoms with Gasteiger partial charge in [-0.15, -0.1) is 11.3 Å². The van der Waals surface area contributed by atoms with Crippen molar-refractivity contribution in [2.75, 3.05) is 13.2 Å². The molecule has 1 heterocycles. The second-order valence-electron chi connectivity index (χ2n) is 5.25. The van der Waals surface area contributed by atoms with Crippen molar-refractivity contribution in [2.24, 2.45) is 0 Å². The van der Waals surface area contributed by atoms with E-state index < -0.39 is 0 Å². The van der Waals surface area contributed by atoms with Crippen LogP contribution in [0.4, 0.5) is 4.79 Å². The first-order valence-corrected chi connectivity index (χ1v) is 8.01. The number of nitrogens with zero attached hydrogens (tertiary/aromatic N) is 2. The number of nitrogens with one attached hydrogen (secondary N) is 1. The topological polar surface area (TPSA) is 65.5 Å². The predicted molar refractivity (Wildman–Crippen MR) is 79.9 cm³/mol. The van der Waals surface area contributed by atoms with Gasteiger partial charge in [-0.25, -0.2) is 9.78 Å². The van der Waals surface area contributed by atoms with E-state index >= 15 is 0 Å². The van der Waals surface area contributed by atoms with Crippen LogP contribution in [-0.2, 0) is 6.54 Å². The highest BCUT2D eigenvalue weighted by atomic mass is 32.1. The van der Waals surface area contributed by atoms with Gasteiger partial charge in [-0.1, -0.05) is 0 Å². The summed E-state index contributed by atoms with van der Waals surface area (Å²) >= 11 is 1.66. The molecule has 0 unspecified atom stereocenters. The van der Waals surface area contributed by atoms with Crippen molar-refractivity contribution >= 4 is 17.4 Å². The normalized spacial score (nSPS) is 14.3. The van der Waals surface area contributed by atoms with Gasteiger partial charge in [-0.3, -0.25) is 0 Å². The maximum Gasteiger partial charge on any atom is 0.317 e. The quantitative estimate of drug-likeness (QED) is 0.758. The minimum atomic E-state index is -0.00417. The summed E-state index contributed by atoms with van der Waals surface area (Å²) in [6.07, 6.45) is 3.80. The molecule has 1 saturated carbocycles. The van der Waals surface area contributed by atoms with Crippen LogP contribution >= 0.6 is 11.3 Å². The van der Waals surface area contributed by atoms with Crippen LogP contribution in [0, 0.1) is 13.8 Å². The summed E-state index contributed by atoms with van der Waals surface area (Å²) < 4.78 is 0. The summed E-state index contributed by atoms with van der Waals surface area (Å²) in [5.74, 6) is 0. The zero-order chi connectivity index (χ0) is 14.5. The molecule has 0 aromatic carbocycles. The lowest BCUT2D eigenvalue weighted by atomic mass is 10.3. The molecule has 0 atom stereocenters. The standard InChI is InChI=1S/C14H23N3O2S/c1-10-13(16-11(2)20-10)9-15-14(19)17(12-5-6-12)7-3-4-8-18/h12,18H,3-9H2,1-2H3,(H,15,19). The van der Waals surface area contributed by atoms with Gasteiger partial charge in [0.05, 0.1) is 17.2 Å². The molecule has 1 aliphatic rings. The van der Waals surface area contributed by atoms with E-state index in [1.165, 1.54) is 4.88 Å². The molecular formula is C14H23N3O2S. The Balaban J connectivity index is 1.83. The molecule has 20 heavy (non-hydrogen) atoms. The zero-order valence-electron chi connectivity index (χ0n) is 12.2. The molecule has 0 spiro atoms. The largest absolute Gasteiger partial charge is 0.396 e. The van der Waals surface area contributed by atoms with E-state index in [9.17, 15) is 4.79 Å². The van der Waals surface area contributed by atoms with Crippen LogP contribution in [0.3, 0.4) is 0 Å². The van der Waals surface area contributed by atoms with E-state index in [2.05, 4.69) is 10.3 Å². The van der Waals surface area contributed by atoms with Gasteiger partial charge in [0.2, 0.25) is 0 Å². The highest BCUT2D eigenvalue weighted by molar-refractivity contribution is 7.11. The smallest absolute Gasteiger partial charge is 0.317 e. The molecule has 5 nitrogen and oxygen atoms in total. The predicted octanol–water partition coefficient (Wildman–Crippen LogP) is 2.21. The van der Waals surface area contributed by atoms with Crippen molar-refractivity contribution in [1.82, 2.24) is 15.2 Å². The van der Waals surface area contributed by atoms with Gasteiger partial charge in [0, 0.05) is 24.1 Å². The van der Waals surface area contributed by atoms with Crippen LogP contribution in [-0.4, -0.2) is 40.2 Å². The number of urea groups is 1. The average molecular weight is 297 g/mol. The van der Waals surface area contributed by atoms with Gasteiger partial charge in [0.25, 0.3) is 0 Å². The lowest BCUT2D eigenvalue weighted by Crippen LogP contribution is -2.41. The summed E-state index contributed by atoms with van der Waals surface area (Å²) in [7, 11) is 0. The van der Waals surface area contributed by atoms with Gasteiger partial charge in [-0.2, -0.15) is 0 Å². The highest BCUT2D eigenvalue weighted by Gasteiger charge is 2.32. The molecule has 1 fully saturated rings. The van der Waals surface area contributed by atoms with E-state index in [1.807, 2.05) is 18.7 Å². The van der Waals surface area contributed by atoms with Crippen molar-refractivity contribution < 1.29 is 9.90 Å². The molecule has 0 saturated heterocycles. The van der Waals surface area contributed by atoms with Crippen molar-refractivity contribution in [1.29, 1.82) is 0 Å². The third-order valence-electron chi connectivity index (χ3n) is 3.46. The third-order valence-corrected chi connectivity index (χ3v) is 4.39. The van der Waals surface area contributed by atoms with E-state index in [0.29, 0.717) is 12.6 Å². The van der Waals surface area contributed by atoms with Crippen molar-refractivity contribution in [3.05, 3.63) is 15.6 Å². The summed E-state index contributed by atoms with van der Waals surface area (Å²) in [5, 5.41) is 12.8. The maximum atomic E-state index is 12.2. The van der Waals surface area contributed by atoms with Gasteiger partial charge in [0.15, 0.2) is 0 Å². The number of aryl methyl sites for hydroxylation is 2. The van der Waals surface area contributed by atoms with Crippen LogP contribution in [0.2, 0.25) is 0 Å². The monoisotopic (exact) mass is 297 g/mol. The molecule has 2 N–H and O–H groups in total. The summed E-state index contributed by atoms with van der Waals surface area (Å²) in [5.41, 5.74) is 0.965. The van der Waals surface area contributed by atoms with Crippen LogP contribution < -0.4 is 5.32 Å². The molecule has 1 aliphatic carbocycles. The number of aromatic nitrogens is 1.